The topological polar surface area (TPSA) is 84.9 Å². The molecule has 0 bridgehead atoms. The van der Waals surface area contributed by atoms with E-state index >= 15 is 0 Å². The summed E-state index contributed by atoms with van der Waals surface area (Å²) < 4.78 is 12.6. The lowest BCUT2D eigenvalue weighted by atomic mass is 10.1. The van der Waals surface area contributed by atoms with Crippen LogP contribution in [0.2, 0.25) is 0 Å². The molecule has 1 N–H and O–H groups in total. The molecule has 4 rings (SSSR count). The van der Waals surface area contributed by atoms with E-state index in [9.17, 15) is 14.4 Å². The van der Waals surface area contributed by atoms with Gasteiger partial charge in [-0.1, -0.05) is 12.1 Å². The lowest BCUT2D eigenvalue weighted by molar-refractivity contribution is 0.0925. The van der Waals surface area contributed by atoms with Crippen LogP contribution in [0.15, 0.2) is 60.4 Å². The van der Waals surface area contributed by atoms with Crippen LogP contribution in [-0.2, 0) is 0 Å². The number of benzene rings is 3. The Morgan fingerprint density at radius 2 is 1.41 bits per heavy atom. The van der Waals surface area contributed by atoms with Crippen LogP contribution in [0.4, 0.5) is 11.4 Å². The minimum Gasteiger partial charge on any atom is -0.497 e. The maximum absolute atomic E-state index is 13.4. The van der Waals surface area contributed by atoms with Gasteiger partial charge < -0.3 is 14.8 Å². The number of hydrogen-bond donors (Lipinski definition) is 1. The van der Waals surface area contributed by atoms with Crippen LogP contribution in [0.5, 0.6) is 11.5 Å². The second kappa shape index (κ2) is 9.80. The second-order valence-corrected chi connectivity index (χ2v) is 10.2. The van der Waals surface area contributed by atoms with E-state index in [0.29, 0.717) is 35.1 Å². The number of carbonyl (C=O) groups is 3. The molecule has 0 fully saturated rings. The van der Waals surface area contributed by atoms with Crippen LogP contribution >= 0.6 is 63.7 Å². The van der Waals surface area contributed by atoms with Gasteiger partial charge in [0.25, 0.3) is 17.7 Å². The highest BCUT2D eigenvalue weighted by atomic mass is 79.9. The number of anilines is 2. The number of para-hydroxylation sites is 1. The van der Waals surface area contributed by atoms with Gasteiger partial charge in [0.15, 0.2) is 0 Å². The van der Waals surface area contributed by atoms with Crippen molar-refractivity contribution in [2.24, 2.45) is 0 Å². The van der Waals surface area contributed by atoms with Crippen molar-refractivity contribution in [3.8, 4) is 11.5 Å². The zero-order chi connectivity index (χ0) is 24.7. The van der Waals surface area contributed by atoms with E-state index < -0.39 is 17.7 Å². The molecule has 34 heavy (non-hydrogen) atoms. The molecule has 0 saturated carbocycles. The zero-order valence-corrected chi connectivity index (χ0v) is 23.9. The molecule has 0 unspecified atom stereocenters. The Morgan fingerprint density at radius 3 is 1.97 bits per heavy atom. The summed E-state index contributed by atoms with van der Waals surface area (Å²) in [6.45, 7) is 0. The highest BCUT2D eigenvalue weighted by molar-refractivity contribution is 9.15. The first-order chi connectivity index (χ1) is 16.2. The van der Waals surface area contributed by atoms with Crippen LogP contribution < -0.4 is 19.7 Å². The van der Waals surface area contributed by atoms with Gasteiger partial charge in [0.1, 0.15) is 11.5 Å². The van der Waals surface area contributed by atoms with Gasteiger partial charge in [-0.3, -0.25) is 14.4 Å². The van der Waals surface area contributed by atoms with E-state index in [2.05, 4.69) is 69.0 Å². The average molecular weight is 718 g/mol. The van der Waals surface area contributed by atoms with Gasteiger partial charge in [0, 0.05) is 24.0 Å². The Hall–Kier alpha value is -2.21. The number of nitrogens with zero attached hydrogens (tertiary/aromatic N) is 1. The summed E-state index contributed by atoms with van der Waals surface area (Å²) in [5.41, 5.74) is 1.04. The molecule has 11 heteroatoms. The van der Waals surface area contributed by atoms with Crippen molar-refractivity contribution in [2.75, 3.05) is 24.4 Å². The number of amides is 3. The third-order valence-electron chi connectivity index (χ3n) is 5.15. The number of halogens is 4. The van der Waals surface area contributed by atoms with Crippen molar-refractivity contribution in [3.63, 3.8) is 0 Å². The largest absolute Gasteiger partial charge is 0.497 e. The van der Waals surface area contributed by atoms with Crippen LogP contribution in [0.3, 0.4) is 0 Å². The number of carbonyl (C=O) groups excluding carboxylic acids is 3. The number of rotatable bonds is 5. The summed E-state index contributed by atoms with van der Waals surface area (Å²) in [6, 6.07) is 11.4. The van der Waals surface area contributed by atoms with Gasteiger partial charge in [-0.2, -0.15) is 0 Å². The average Bonchev–Trinajstić information content (AvgIpc) is 3.11. The van der Waals surface area contributed by atoms with E-state index in [-0.39, 0.29) is 22.4 Å². The molecule has 0 radical (unpaired) electrons. The van der Waals surface area contributed by atoms with E-state index in [1.807, 2.05) is 0 Å². The predicted molar refractivity (Wildman–Crippen MR) is 142 cm³/mol. The molecule has 1 heterocycles. The Kier molecular flexibility index (Phi) is 7.18. The normalized spacial score (nSPS) is 12.6. The molecule has 3 amide bonds. The van der Waals surface area contributed by atoms with Crippen molar-refractivity contribution in [1.82, 2.24) is 0 Å². The smallest absolute Gasteiger partial charge is 0.267 e. The zero-order valence-electron chi connectivity index (χ0n) is 17.5. The molecule has 174 valence electrons. The lowest BCUT2D eigenvalue weighted by Gasteiger charge is -2.18. The predicted octanol–water partition coefficient (Wildman–Crippen LogP) is 6.81. The molecule has 0 saturated heterocycles. The first-order valence-corrected chi connectivity index (χ1v) is 12.8. The minimum absolute atomic E-state index is 0.132. The highest BCUT2D eigenvalue weighted by Crippen LogP contribution is 2.46. The fraction of sp³-hybridized carbons (Fsp3) is 0.0870. The molecule has 1 aliphatic heterocycles. The standard InChI is InChI=1S/C23H14Br4N2O5/c1-33-10-7-8-14(34-2)12(9-10)28-21(30)11-5-3-4-6-13(11)29-22(31)15-16(23(29)32)18(25)20(27)19(26)17(15)24/h3-9H,1-2H3,(H,28,30). The number of ether oxygens (including phenoxy) is 2. The van der Waals surface area contributed by atoms with Crippen molar-refractivity contribution in [1.29, 1.82) is 0 Å². The van der Waals surface area contributed by atoms with Gasteiger partial charge in [0.2, 0.25) is 0 Å². The molecular weight excluding hydrogens is 704 g/mol. The fourth-order valence-corrected chi connectivity index (χ4v) is 5.99. The molecule has 0 aliphatic carbocycles. The maximum atomic E-state index is 13.4. The van der Waals surface area contributed by atoms with Crippen molar-refractivity contribution in [2.45, 2.75) is 0 Å². The van der Waals surface area contributed by atoms with Crippen LogP contribution in [-0.4, -0.2) is 31.9 Å². The molecule has 3 aromatic carbocycles. The Morgan fingerprint density at radius 1 is 0.824 bits per heavy atom. The second-order valence-electron chi connectivity index (χ2n) is 6.99. The summed E-state index contributed by atoms with van der Waals surface area (Å²) in [5.74, 6) is -0.690. The molecule has 3 aromatic rings. The summed E-state index contributed by atoms with van der Waals surface area (Å²) in [6.07, 6.45) is 0. The Bertz CT molecular complexity index is 1330. The molecule has 0 atom stereocenters. The Labute approximate surface area is 228 Å². The molecular formula is C23H14Br4N2O5. The van der Waals surface area contributed by atoms with E-state index in [4.69, 9.17) is 9.47 Å². The number of methoxy groups -OCH3 is 2. The fourth-order valence-electron chi connectivity index (χ4n) is 3.53. The maximum Gasteiger partial charge on any atom is 0.267 e. The SMILES string of the molecule is COc1ccc(OC)c(NC(=O)c2ccccc2N2C(=O)c3c(Br)c(Br)c(Br)c(Br)c3C2=O)c1. The third kappa shape index (κ3) is 4.08. The third-order valence-corrected chi connectivity index (χ3v) is 9.91. The van der Waals surface area contributed by atoms with E-state index in [1.165, 1.54) is 20.3 Å². The first kappa shape index (κ1) is 24.9. The van der Waals surface area contributed by atoms with Crippen molar-refractivity contribution >= 4 is 92.8 Å². The highest BCUT2D eigenvalue weighted by Gasteiger charge is 2.43. The lowest BCUT2D eigenvalue weighted by Crippen LogP contribution is -2.31. The van der Waals surface area contributed by atoms with E-state index in [0.717, 1.165) is 4.90 Å². The number of imide groups is 1. The first-order valence-electron chi connectivity index (χ1n) is 9.58. The van der Waals surface area contributed by atoms with Gasteiger partial charge in [-0.05, 0) is 88.0 Å². The quantitative estimate of drug-likeness (QED) is 0.178. The van der Waals surface area contributed by atoms with Gasteiger partial charge in [0.05, 0.1) is 42.3 Å². The summed E-state index contributed by atoms with van der Waals surface area (Å²) in [5, 5.41) is 2.78. The monoisotopic (exact) mass is 714 g/mol. The molecule has 0 aromatic heterocycles. The van der Waals surface area contributed by atoms with Crippen molar-refractivity contribution in [3.05, 3.63) is 77.0 Å². The van der Waals surface area contributed by atoms with Crippen LogP contribution in [0.25, 0.3) is 0 Å². The summed E-state index contributed by atoms with van der Waals surface area (Å²) >= 11 is 13.6. The van der Waals surface area contributed by atoms with Gasteiger partial charge in [-0.25, -0.2) is 4.90 Å². The molecule has 1 aliphatic rings. The Balaban J connectivity index is 1.78. The number of hydrogen-bond acceptors (Lipinski definition) is 5. The van der Waals surface area contributed by atoms with Crippen molar-refractivity contribution < 1.29 is 23.9 Å². The summed E-state index contributed by atoms with van der Waals surface area (Å²) in [4.78, 5) is 41.1. The summed E-state index contributed by atoms with van der Waals surface area (Å²) in [7, 11) is 2.99. The molecule has 0 spiro atoms. The van der Waals surface area contributed by atoms with Crippen LogP contribution in [0, 0.1) is 0 Å². The minimum atomic E-state index is -0.556. The number of nitrogens with one attached hydrogen (secondary N) is 1. The van der Waals surface area contributed by atoms with E-state index in [1.54, 1.807) is 36.4 Å². The van der Waals surface area contributed by atoms with Crippen LogP contribution in [0.1, 0.15) is 31.1 Å². The molecule has 7 nitrogen and oxygen atoms in total. The van der Waals surface area contributed by atoms with Gasteiger partial charge in [-0.15, -0.1) is 0 Å². The van der Waals surface area contributed by atoms with Gasteiger partial charge >= 0.3 is 0 Å². The number of fused-ring (bicyclic) bond motifs is 1.